The fourth-order valence-corrected chi connectivity index (χ4v) is 2.51. The molecular formula is C23H19NO5. The number of phenols is 3. The molecule has 0 aliphatic rings. The lowest BCUT2D eigenvalue weighted by Gasteiger charge is -2.05. The molecule has 0 saturated heterocycles. The van der Waals surface area contributed by atoms with Crippen molar-refractivity contribution in [3.63, 3.8) is 0 Å². The second-order valence-electron chi connectivity index (χ2n) is 6.11. The van der Waals surface area contributed by atoms with E-state index in [0.29, 0.717) is 11.3 Å². The molecule has 0 saturated carbocycles. The first-order valence-electron chi connectivity index (χ1n) is 8.81. The summed E-state index contributed by atoms with van der Waals surface area (Å²) in [4.78, 5) is 16.4. The molecule has 6 nitrogen and oxygen atoms in total. The summed E-state index contributed by atoms with van der Waals surface area (Å²) in [7, 11) is 0. The maximum Gasteiger partial charge on any atom is 0.342 e. The lowest BCUT2D eigenvalue weighted by Crippen LogP contribution is -2.05. The van der Waals surface area contributed by atoms with Crippen LogP contribution in [0.5, 0.6) is 17.2 Å². The van der Waals surface area contributed by atoms with E-state index < -0.39 is 5.97 Å². The summed E-state index contributed by atoms with van der Waals surface area (Å²) in [6.07, 6.45) is 4.88. The van der Waals surface area contributed by atoms with E-state index in [-0.39, 0.29) is 29.4 Å². The van der Waals surface area contributed by atoms with Crippen molar-refractivity contribution < 1.29 is 24.9 Å². The highest BCUT2D eigenvalue weighted by Gasteiger charge is 2.13. The van der Waals surface area contributed by atoms with Crippen LogP contribution in [-0.2, 0) is 4.74 Å². The fourth-order valence-electron chi connectivity index (χ4n) is 2.51. The normalized spacial score (nSPS) is 11.2. The summed E-state index contributed by atoms with van der Waals surface area (Å²) in [6, 6.07) is 17.9. The number of hydrogen-bond donors (Lipinski definition) is 3. The monoisotopic (exact) mass is 389 g/mol. The topological polar surface area (TPSA) is 99.4 Å². The second-order valence-corrected chi connectivity index (χ2v) is 6.11. The Kier molecular flexibility index (Phi) is 6.27. The van der Waals surface area contributed by atoms with Crippen molar-refractivity contribution in [1.29, 1.82) is 0 Å². The summed E-state index contributed by atoms with van der Waals surface area (Å²) in [6.45, 7) is 0.0534. The summed E-state index contributed by atoms with van der Waals surface area (Å²) < 4.78 is 5.17. The molecule has 0 aliphatic heterocycles. The third kappa shape index (κ3) is 5.46. The smallest absolute Gasteiger partial charge is 0.342 e. The van der Waals surface area contributed by atoms with Gasteiger partial charge in [-0.05, 0) is 48.0 Å². The first-order valence-corrected chi connectivity index (χ1v) is 8.81. The third-order valence-electron chi connectivity index (χ3n) is 3.98. The number of carbonyl (C=O) groups is 1. The Balaban J connectivity index is 1.68. The van der Waals surface area contributed by atoms with E-state index in [0.717, 1.165) is 5.56 Å². The second kappa shape index (κ2) is 9.23. The quantitative estimate of drug-likeness (QED) is 0.329. The first kappa shape index (κ1) is 19.7. The Hall–Kier alpha value is -4.06. The molecule has 146 valence electrons. The molecular weight excluding hydrogens is 370 g/mol. The third-order valence-corrected chi connectivity index (χ3v) is 3.98. The summed E-state index contributed by atoms with van der Waals surface area (Å²) in [5.74, 6) is -0.961. The molecule has 0 fully saturated rings. The Labute approximate surface area is 167 Å². The van der Waals surface area contributed by atoms with Gasteiger partial charge in [-0.1, -0.05) is 36.4 Å². The van der Waals surface area contributed by atoms with Gasteiger partial charge >= 0.3 is 5.97 Å². The van der Waals surface area contributed by atoms with Crippen molar-refractivity contribution in [2.24, 2.45) is 4.99 Å². The molecule has 3 N–H and O–H groups in total. The van der Waals surface area contributed by atoms with Crippen molar-refractivity contribution in [3.8, 4) is 17.2 Å². The molecule has 3 aromatic rings. The van der Waals surface area contributed by atoms with Crippen LogP contribution in [0.25, 0.3) is 6.08 Å². The van der Waals surface area contributed by atoms with E-state index >= 15 is 0 Å². The van der Waals surface area contributed by atoms with Gasteiger partial charge in [-0.3, -0.25) is 4.99 Å². The van der Waals surface area contributed by atoms with Crippen LogP contribution >= 0.6 is 0 Å². The Morgan fingerprint density at radius 3 is 2.48 bits per heavy atom. The molecule has 6 heteroatoms. The summed E-state index contributed by atoms with van der Waals surface area (Å²) in [5, 5.41) is 29.2. The molecule has 0 atom stereocenters. The average Bonchev–Trinajstić information content (AvgIpc) is 2.73. The molecule has 29 heavy (non-hydrogen) atoms. The van der Waals surface area contributed by atoms with E-state index in [1.54, 1.807) is 6.08 Å². The molecule has 0 aromatic heterocycles. The zero-order valence-corrected chi connectivity index (χ0v) is 15.4. The minimum absolute atomic E-state index is 0.0113. The Bertz CT molecular complexity index is 1060. The van der Waals surface area contributed by atoms with E-state index in [1.807, 2.05) is 36.4 Å². The summed E-state index contributed by atoms with van der Waals surface area (Å²) in [5.41, 5.74) is 1.65. The number of rotatable bonds is 6. The average molecular weight is 389 g/mol. The molecule has 0 spiro atoms. The number of aliphatic imine (C=N–C) groups is 1. The highest BCUT2D eigenvalue weighted by atomic mass is 16.5. The number of nitrogens with zero attached hydrogens (tertiary/aromatic N) is 1. The van der Waals surface area contributed by atoms with Crippen LogP contribution in [0, 0.1) is 0 Å². The lowest BCUT2D eigenvalue weighted by atomic mass is 10.1. The highest BCUT2D eigenvalue weighted by molar-refractivity contribution is 5.94. The molecule has 3 aromatic carbocycles. The number of carbonyl (C=O) groups excluding carboxylic acids is 1. The van der Waals surface area contributed by atoms with Crippen LogP contribution in [0.15, 0.2) is 77.8 Å². The van der Waals surface area contributed by atoms with Crippen LogP contribution in [-0.4, -0.2) is 34.1 Å². The Morgan fingerprint density at radius 1 is 0.931 bits per heavy atom. The van der Waals surface area contributed by atoms with Crippen LogP contribution < -0.4 is 0 Å². The first-order chi connectivity index (χ1) is 14.0. The number of aromatic hydroxyl groups is 3. The minimum atomic E-state index is -0.683. The van der Waals surface area contributed by atoms with Gasteiger partial charge in [-0.15, -0.1) is 0 Å². The molecule has 0 amide bonds. The molecule has 0 bridgehead atoms. The number of hydrogen-bond acceptors (Lipinski definition) is 6. The van der Waals surface area contributed by atoms with Crippen LogP contribution in [0.4, 0.5) is 5.69 Å². The molecule has 0 aliphatic carbocycles. The van der Waals surface area contributed by atoms with Crippen LogP contribution in [0.3, 0.4) is 0 Å². The number of esters is 1. The van der Waals surface area contributed by atoms with Gasteiger partial charge in [0.15, 0.2) is 0 Å². The van der Waals surface area contributed by atoms with Crippen LogP contribution in [0.1, 0.15) is 21.5 Å². The van der Waals surface area contributed by atoms with Crippen molar-refractivity contribution in [3.05, 3.63) is 89.5 Å². The molecule has 0 unspecified atom stereocenters. The van der Waals surface area contributed by atoms with Gasteiger partial charge in [-0.25, -0.2) is 4.79 Å². The van der Waals surface area contributed by atoms with Crippen molar-refractivity contribution in [1.82, 2.24) is 0 Å². The van der Waals surface area contributed by atoms with Crippen molar-refractivity contribution in [2.75, 3.05) is 6.61 Å². The molecule has 0 radical (unpaired) electrons. The highest BCUT2D eigenvalue weighted by Crippen LogP contribution is 2.25. The van der Waals surface area contributed by atoms with Gasteiger partial charge < -0.3 is 20.1 Å². The van der Waals surface area contributed by atoms with Gasteiger partial charge in [-0.2, -0.15) is 0 Å². The van der Waals surface area contributed by atoms with E-state index in [2.05, 4.69) is 4.99 Å². The van der Waals surface area contributed by atoms with E-state index in [1.165, 1.54) is 42.6 Å². The minimum Gasteiger partial charge on any atom is -0.508 e. The van der Waals surface area contributed by atoms with Gasteiger partial charge in [0.2, 0.25) is 0 Å². The number of phenolic OH excluding ortho intramolecular Hbond substituents is 3. The lowest BCUT2D eigenvalue weighted by molar-refractivity contribution is 0.0547. The van der Waals surface area contributed by atoms with Gasteiger partial charge in [0.1, 0.15) is 29.4 Å². The van der Waals surface area contributed by atoms with Gasteiger partial charge in [0, 0.05) is 11.8 Å². The van der Waals surface area contributed by atoms with Gasteiger partial charge in [0.05, 0.1) is 5.69 Å². The number of ether oxygens (including phenoxy) is 1. The predicted molar refractivity (Wildman–Crippen MR) is 111 cm³/mol. The van der Waals surface area contributed by atoms with Crippen molar-refractivity contribution >= 4 is 23.9 Å². The van der Waals surface area contributed by atoms with Crippen LogP contribution in [0.2, 0.25) is 0 Å². The fraction of sp³-hybridized carbons (Fsp3) is 0.0435. The molecule has 0 heterocycles. The predicted octanol–water partition coefficient (Wildman–Crippen LogP) is 4.42. The van der Waals surface area contributed by atoms with Crippen molar-refractivity contribution in [2.45, 2.75) is 0 Å². The van der Waals surface area contributed by atoms with Gasteiger partial charge in [0.25, 0.3) is 0 Å². The van der Waals surface area contributed by atoms with E-state index in [9.17, 15) is 20.1 Å². The maximum absolute atomic E-state index is 12.3. The zero-order chi connectivity index (χ0) is 20.6. The zero-order valence-electron chi connectivity index (χ0n) is 15.4. The maximum atomic E-state index is 12.3. The largest absolute Gasteiger partial charge is 0.508 e. The van der Waals surface area contributed by atoms with E-state index in [4.69, 9.17) is 4.74 Å². The summed E-state index contributed by atoms with van der Waals surface area (Å²) >= 11 is 0. The SMILES string of the molecule is O=C(OC/C=C/c1ccccc1)c1cc(N=Cc2cc(O)ccc2O)ccc1O. The Morgan fingerprint density at radius 2 is 1.69 bits per heavy atom. The standard InChI is InChI=1S/C23H19NO5/c25-19-9-11-21(26)17(13-19)15-24-18-8-10-22(27)20(14-18)23(28)29-12-4-7-16-5-2-1-3-6-16/h1-11,13-15,25-27H,12H2/b7-4+,24-15?. The number of benzene rings is 3. The molecule has 3 rings (SSSR count).